The molecule has 112 valence electrons. The fraction of sp³-hybridized carbons (Fsp3) is 0.357. The summed E-state index contributed by atoms with van der Waals surface area (Å²) in [6.07, 6.45) is 0. The molecule has 0 saturated carbocycles. The highest BCUT2D eigenvalue weighted by molar-refractivity contribution is 6.06. The Labute approximate surface area is 122 Å². The number of carbonyl (C=O) groups is 2. The molecule has 7 heteroatoms. The van der Waals surface area contributed by atoms with E-state index in [1.807, 2.05) is 13.8 Å². The summed E-state index contributed by atoms with van der Waals surface area (Å²) in [6.45, 7) is 3.61. The Morgan fingerprint density at radius 3 is 2.57 bits per heavy atom. The number of amides is 3. The molecule has 0 bridgehead atoms. The lowest BCUT2D eigenvalue weighted by atomic mass is 10.0. The van der Waals surface area contributed by atoms with Gasteiger partial charge in [0.2, 0.25) is 0 Å². The quantitative estimate of drug-likeness (QED) is 0.752. The number of ether oxygens (including phenoxy) is 1. The molecule has 1 aliphatic rings. The molecule has 4 N–H and O–H groups in total. The van der Waals surface area contributed by atoms with Crippen LogP contribution in [0.5, 0.6) is 5.75 Å². The maximum Gasteiger partial charge on any atom is 0.323 e. The molecule has 1 atom stereocenters. The van der Waals surface area contributed by atoms with Gasteiger partial charge in [0.15, 0.2) is 6.61 Å². The molecule has 0 spiro atoms. The molecule has 3 amide bonds. The molecule has 7 nitrogen and oxygen atoms in total. The number of nitrogens with one attached hydrogen (secondary N) is 2. The van der Waals surface area contributed by atoms with Crippen molar-refractivity contribution >= 4 is 17.8 Å². The fourth-order valence-electron chi connectivity index (χ4n) is 2.27. The number of benzene rings is 1. The van der Waals surface area contributed by atoms with Crippen LogP contribution in [0.1, 0.15) is 25.5 Å². The molecule has 2 rings (SSSR count). The van der Waals surface area contributed by atoms with Crippen LogP contribution >= 0.6 is 0 Å². The Balaban J connectivity index is 2.19. The van der Waals surface area contributed by atoms with E-state index in [9.17, 15) is 9.59 Å². The number of rotatable bonds is 5. The monoisotopic (exact) mass is 290 g/mol. The number of hydrogen-bond donors (Lipinski definition) is 3. The Morgan fingerprint density at radius 1 is 1.43 bits per heavy atom. The summed E-state index contributed by atoms with van der Waals surface area (Å²) >= 11 is 0. The van der Waals surface area contributed by atoms with E-state index in [4.69, 9.17) is 15.9 Å². The average Bonchev–Trinajstić information content (AvgIpc) is 2.72. The van der Waals surface area contributed by atoms with Gasteiger partial charge in [-0.15, -0.1) is 0 Å². The summed E-state index contributed by atoms with van der Waals surface area (Å²) in [7, 11) is 0. The van der Waals surface area contributed by atoms with Crippen molar-refractivity contribution in [2.45, 2.75) is 25.9 Å². The molecular weight excluding hydrogens is 272 g/mol. The van der Waals surface area contributed by atoms with Gasteiger partial charge < -0.3 is 15.4 Å². The number of urea groups is 1. The second-order valence-corrected chi connectivity index (χ2v) is 5.07. The zero-order valence-electron chi connectivity index (χ0n) is 11.9. The van der Waals surface area contributed by atoms with Crippen molar-refractivity contribution in [1.82, 2.24) is 10.2 Å². The van der Waals surface area contributed by atoms with Crippen molar-refractivity contribution < 1.29 is 14.3 Å². The molecule has 1 fully saturated rings. The lowest BCUT2D eigenvalue weighted by Crippen LogP contribution is -2.35. The zero-order chi connectivity index (χ0) is 15.6. The SMILES string of the molecule is CC(C)N1C(=O)NC(=N)C1c1ccc(OCC(N)=O)cc1. The van der Waals surface area contributed by atoms with Crippen LogP contribution in [0.2, 0.25) is 0 Å². The first kappa shape index (κ1) is 14.8. The predicted octanol–water partition coefficient (Wildman–Crippen LogP) is 1.00. The number of amidine groups is 1. The van der Waals surface area contributed by atoms with E-state index in [0.29, 0.717) is 5.75 Å². The summed E-state index contributed by atoms with van der Waals surface area (Å²) in [6, 6.07) is 6.19. The molecule has 1 aromatic rings. The highest BCUT2D eigenvalue weighted by Crippen LogP contribution is 2.29. The van der Waals surface area contributed by atoms with Crippen LogP contribution in [0.25, 0.3) is 0 Å². The third-order valence-corrected chi connectivity index (χ3v) is 3.16. The Hall–Kier alpha value is -2.57. The van der Waals surface area contributed by atoms with Crippen molar-refractivity contribution in [1.29, 1.82) is 5.41 Å². The second kappa shape index (κ2) is 5.82. The van der Waals surface area contributed by atoms with E-state index >= 15 is 0 Å². The van der Waals surface area contributed by atoms with Crippen LogP contribution in [0, 0.1) is 5.41 Å². The topological polar surface area (TPSA) is 109 Å². The number of hydrogen-bond acceptors (Lipinski definition) is 4. The smallest absolute Gasteiger partial charge is 0.323 e. The lowest BCUT2D eigenvalue weighted by molar-refractivity contribution is -0.119. The van der Waals surface area contributed by atoms with E-state index in [-0.39, 0.29) is 24.5 Å². The van der Waals surface area contributed by atoms with E-state index in [0.717, 1.165) is 5.56 Å². The number of nitrogens with zero attached hydrogens (tertiary/aromatic N) is 1. The first-order valence-corrected chi connectivity index (χ1v) is 6.59. The molecular formula is C14H18N4O3. The number of nitrogens with two attached hydrogens (primary N) is 1. The molecule has 0 aromatic heterocycles. The average molecular weight is 290 g/mol. The van der Waals surface area contributed by atoms with Crippen molar-refractivity contribution in [2.24, 2.45) is 5.73 Å². The van der Waals surface area contributed by atoms with Gasteiger partial charge in [0.05, 0.1) is 0 Å². The van der Waals surface area contributed by atoms with Crippen LogP contribution < -0.4 is 15.8 Å². The van der Waals surface area contributed by atoms with Gasteiger partial charge in [-0.1, -0.05) is 12.1 Å². The van der Waals surface area contributed by atoms with Gasteiger partial charge in [-0.2, -0.15) is 0 Å². The summed E-state index contributed by atoms with van der Waals surface area (Å²) < 4.78 is 5.18. The van der Waals surface area contributed by atoms with E-state index in [2.05, 4.69) is 5.32 Å². The molecule has 1 heterocycles. The van der Waals surface area contributed by atoms with Gasteiger partial charge in [-0.05, 0) is 31.5 Å². The van der Waals surface area contributed by atoms with Crippen LogP contribution in [0.4, 0.5) is 4.79 Å². The van der Waals surface area contributed by atoms with Crippen molar-refractivity contribution in [3.63, 3.8) is 0 Å². The van der Waals surface area contributed by atoms with E-state index in [1.54, 1.807) is 29.2 Å². The second-order valence-electron chi connectivity index (χ2n) is 5.07. The van der Waals surface area contributed by atoms with Crippen LogP contribution in [0.15, 0.2) is 24.3 Å². The van der Waals surface area contributed by atoms with Gasteiger partial charge in [-0.25, -0.2) is 4.79 Å². The Kier molecular flexibility index (Phi) is 4.11. The minimum atomic E-state index is -0.544. The Morgan fingerprint density at radius 2 is 2.05 bits per heavy atom. The fourth-order valence-corrected chi connectivity index (χ4v) is 2.27. The van der Waals surface area contributed by atoms with Crippen molar-refractivity contribution in [3.05, 3.63) is 29.8 Å². The van der Waals surface area contributed by atoms with Gasteiger partial charge in [0, 0.05) is 6.04 Å². The highest BCUT2D eigenvalue weighted by atomic mass is 16.5. The predicted molar refractivity (Wildman–Crippen MR) is 77.1 cm³/mol. The van der Waals surface area contributed by atoms with Gasteiger partial charge in [0.1, 0.15) is 17.6 Å². The van der Waals surface area contributed by atoms with Crippen LogP contribution in [-0.2, 0) is 4.79 Å². The standard InChI is InChI=1S/C14H18N4O3/c1-8(2)18-12(13(16)17-14(18)20)9-3-5-10(6-4-9)21-7-11(15)19/h3-6,8,12H,7H2,1-2H3,(H2,15,19)(H2,16,17,20). The van der Waals surface area contributed by atoms with Crippen LogP contribution in [-0.4, -0.2) is 35.3 Å². The maximum absolute atomic E-state index is 11.9. The summed E-state index contributed by atoms with van der Waals surface area (Å²) in [5, 5.41) is 10.5. The van der Waals surface area contributed by atoms with Gasteiger partial charge in [-0.3, -0.25) is 15.5 Å². The summed E-state index contributed by atoms with van der Waals surface area (Å²) in [5.41, 5.74) is 5.81. The molecule has 1 aromatic carbocycles. The Bertz CT molecular complexity index is 568. The first-order valence-electron chi connectivity index (χ1n) is 6.59. The maximum atomic E-state index is 11.9. The van der Waals surface area contributed by atoms with E-state index < -0.39 is 11.9 Å². The number of primary amides is 1. The zero-order valence-corrected chi connectivity index (χ0v) is 11.9. The summed E-state index contributed by atoms with van der Waals surface area (Å²) in [5.74, 6) is 0.120. The third kappa shape index (κ3) is 3.13. The molecule has 1 saturated heterocycles. The normalized spacial score (nSPS) is 18.0. The lowest BCUT2D eigenvalue weighted by Gasteiger charge is -2.26. The highest BCUT2D eigenvalue weighted by Gasteiger charge is 2.38. The van der Waals surface area contributed by atoms with Crippen molar-refractivity contribution in [2.75, 3.05) is 6.61 Å². The minimum Gasteiger partial charge on any atom is -0.484 e. The molecule has 21 heavy (non-hydrogen) atoms. The molecule has 1 aliphatic heterocycles. The molecule has 0 radical (unpaired) electrons. The van der Waals surface area contributed by atoms with E-state index in [1.165, 1.54) is 0 Å². The van der Waals surface area contributed by atoms with Crippen molar-refractivity contribution in [3.8, 4) is 5.75 Å². The largest absolute Gasteiger partial charge is 0.484 e. The van der Waals surface area contributed by atoms with Gasteiger partial charge in [0.25, 0.3) is 5.91 Å². The first-order chi connectivity index (χ1) is 9.90. The minimum absolute atomic E-state index is 0.0244. The van der Waals surface area contributed by atoms with Gasteiger partial charge >= 0.3 is 6.03 Å². The molecule has 0 aliphatic carbocycles. The summed E-state index contributed by atoms with van der Waals surface area (Å²) in [4.78, 5) is 24.1. The van der Waals surface area contributed by atoms with Crippen LogP contribution in [0.3, 0.4) is 0 Å². The third-order valence-electron chi connectivity index (χ3n) is 3.16. The molecule has 1 unspecified atom stereocenters. The number of carbonyl (C=O) groups excluding carboxylic acids is 2.